The van der Waals surface area contributed by atoms with E-state index in [1.54, 1.807) is 16.8 Å². The van der Waals surface area contributed by atoms with E-state index in [1.807, 2.05) is 18.2 Å². The lowest BCUT2D eigenvalue weighted by molar-refractivity contribution is 0.598. The molecule has 0 aliphatic heterocycles. The number of nitrogens with zero attached hydrogens (tertiary/aromatic N) is 1. The van der Waals surface area contributed by atoms with Gasteiger partial charge < -0.3 is 5.32 Å². The molecule has 0 unspecified atom stereocenters. The molecule has 0 aliphatic rings. The fourth-order valence-electron chi connectivity index (χ4n) is 1.30. The number of aromatic nitrogens is 1. The molecule has 0 spiro atoms. The Balaban J connectivity index is 2.04. The van der Waals surface area contributed by atoms with Gasteiger partial charge in [0.2, 0.25) is 10.0 Å². The number of fused-ring (bicyclic) bond motifs is 1. The van der Waals surface area contributed by atoms with Gasteiger partial charge in [-0.25, -0.2) is 18.5 Å². The SMILES string of the molecule is NS(=O)(=O)CCNc1ccc2ncsc2c1. The first-order valence-electron chi connectivity index (χ1n) is 4.62. The first kappa shape index (κ1) is 11.3. The van der Waals surface area contributed by atoms with Crippen molar-refractivity contribution in [3.63, 3.8) is 0 Å². The Morgan fingerprint density at radius 3 is 3.00 bits per heavy atom. The molecule has 1 aromatic carbocycles. The standard InChI is InChI=1S/C9H11N3O2S2/c10-16(13,14)4-3-11-7-1-2-8-9(5-7)15-6-12-8/h1-2,5-6,11H,3-4H2,(H2,10,13,14). The predicted octanol–water partition coefficient (Wildman–Crippen LogP) is 0.997. The van der Waals surface area contributed by atoms with E-state index in [0.717, 1.165) is 15.9 Å². The Hall–Kier alpha value is -1.18. The second-order valence-electron chi connectivity index (χ2n) is 3.33. The van der Waals surface area contributed by atoms with Crippen molar-refractivity contribution in [2.24, 2.45) is 5.14 Å². The molecule has 0 saturated heterocycles. The van der Waals surface area contributed by atoms with E-state index >= 15 is 0 Å². The molecule has 86 valence electrons. The summed E-state index contributed by atoms with van der Waals surface area (Å²) < 4.78 is 22.5. The monoisotopic (exact) mass is 257 g/mol. The van der Waals surface area contributed by atoms with Gasteiger partial charge in [-0.1, -0.05) is 0 Å². The van der Waals surface area contributed by atoms with Crippen molar-refractivity contribution < 1.29 is 8.42 Å². The van der Waals surface area contributed by atoms with Crippen LogP contribution in [0.2, 0.25) is 0 Å². The molecule has 0 radical (unpaired) electrons. The van der Waals surface area contributed by atoms with Gasteiger partial charge in [0, 0.05) is 12.2 Å². The maximum absolute atomic E-state index is 10.7. The quantitative estimate of drug-likeness (QED) is 0.855. The number of anilines is 1. The zero-order valence-electron chi connectivity index (χ0n) is 8.38. The van der Waals surface area contributed by atoms with Gasteiger partial charge in [-0.2, -0.15) is 0 Å². The number of rotatable bonds is 4. The molecule has 0 atom stereocenters. The Kier molecular flexibility index (Phi) is 3.08. The molecule has 0 amide bonds. The topological polar surface area (TPSA) is 85.1 Å². The predicted molar refractivity (Wildman–Crippen MR) is 66.1 cm³/mol. The average Bonchev–Trinajstić information content (AvgIpc) is 2.62. The Labute approximate surface area is 97.4 Å². The molecular weight excluding hydrogens is 246 g/mol. The summed E-state index contributed by atoms with van der Waals surface area (Å²) >= 11 is 1.55. The third-order valence-electron chi connectivity index (χ3n) is 2.05. The molecular formula is C9H11N3O2S2. The molecule has 0 fully saturated rings. The first-order valence-corrected chi connectivity index (χ1v) is 7.22. The van der Waals surface area contributed by atoms with Crippen LogP contribution >= 0.6 is 11.3 Å². The van der Waals surface area contributed by atoms with Crippen molar-refractivity contribution in [2.45, 2.75) is 0 Å². The highest BCUT2D eigenvalue weighted by Gasteiger charge is 2.02. The molecule has 1 aromatic heterocycles. The van der Waals surface area contributed by atoms with Crippen LogP contribution in [0.3, 0.4) is 0 Å². The van der Waals surface area contributed by atoms with E-state index in [9.17, 15) is 8.42 Å². The molecule has 3 N–H and O–H groups in total. The van der Waals surface area contributed by atoms with E-state index in [4.69, 9.17) is 5.14 Å². The third-order valence-corrected chi connectivity index (χ3v) is 3.61. The molecule has 7 heteroatoms. The van der Waals surface area contributed by atoms with Crippen molar-refractivity contribution in [1.82, 2.24) is 4.98 Å². The lowest BCUT2D eigenvalue weighted by Crippen LogP contribution is -2.22. The number of nitrogens with two attached hydrogens (primary N) is 1. The van der Waals surface area contributed by atoms with Gasteiger partial charge in [0.05, 0.1) is 21.5 Å². The maximum Gasteiger partial charge on any atom is 0.210 e. The largest absolute Gasteiger partial charge is 0.384 e. The number of hydrogen-bond donors (Lipinski definition) is 2. The van der Waals surface area contributed by atoms with E-state index < -0.39 is 10.0 Å². The van der Waals surface area contributed by atoms with Crippen LogP contribution in [0.5, 0.6) is 0 Å². The number of thiazole rings is 1. The van der Waals surface area contributed by atoms with Crippen LogP contribution in [-0.2, 0) is 10.0 Å². The number of nitrogens with one attached hydrogen (secondary N) is 1. The highest BCUT2D eigenvalue weighted by atomic mass is 32.2. The normalized spacial score (nSPS) is 11.8. The van der Waals surface area contributed by atoms with Crippen LogP contribution in [0.1, 0.15) is 0 Å². The van der Waals surface area contributed by atoms with Crippen LogP contribution in [0, 0.1) is 0 Å². The van der Waals surface area contributed by atoms with Crippen LogP contribution in [0.4, 0.5) is 5.69 Å². The Morgan fingerprint density at radius 2 is 2.25 bits per heavy atom. The first-order chi connectivity index (χ1) is 7.54. The minimum atomic E-state index is -3.40. The van der Waals surface area contributed by atoms with Gasteiger partial charge in [0.15, 0.2) is 0 Å². The van der Waals surface area contributed by atoms with Gasteiger partial charge >= 0.3 is 0 Å². The average molecular weight is 257 g/mol. The number of benzene rings is 1. The van der Waals surface area contributed by atoms with Crippen molar-refractivity contribution in [1.29, 1.82) is 0 Å². The minimum Gasteiger partial charge on any atom is -0.384 e. The maximum atomic E-state index is 10.7. The summed E-state index contributed by atoms with van der Waals surface area (Å²) in [7, 11) is -3.40. The van der Waals surface area contributed by atoms with Gasteiger partial charge in [-0.3, -0.25) is 0 Å². The number of hydrogen-bond acceptors (Lipinski definition) is 5. The molecule has 1 heterocycles. The highest BCUT2D eigenvalue weighted by Crippen LogP contribution is 2.21. The summed E-state index contributed by atoms with van der Waals surface area (Å²) in [6, 6.07) is 5.70. The molecule has 0 bridgehead atoms. The molecule has 0 aliphatic carbocycles. The van der Waals surface area contributed by atoms with Crippen molar-refractivity contribution in [3.8, 4) is 0 Å². The molecule has 2 aromatic rings. The van der Waals surface area contributed by atoms with Gasteiger partial charge in [-0.15, -0.1) is 11.3 Å². The van der Waals surface area contributed by atoms with Crippen molar-refractivity contribution >= 4 is 37.3 Å². The van der Waals surface area contributed by atoms with Crippen LogP contribution in [-0.4, -0.2) is 25.7 Å². The van der Waals surface area contributed by atoms with Gasteiger partial charge in [0.25, 0.3) is 0 Å². The summed E-state index contributed by atoms with van der Waals surface area (Å²) in [5.41, 5.74) is 3.60. The molecule has 5 nitrogen and oxygen atoms in total. The fraction of sp³-hybridized carbons (Fsp3) is 0.222. The third kappa shape index (κ3) is 2.91. The van der Waals surface area contributed by atoms with Crippen molar-refractivity contribution in [2.75, 3.05) is 17.6 Å². The molecule has 16 heavy (non-hydrogen) atoms. The van der Waals surface area contributed by atoms with Crippen LogP contribution in [0.15, 0.2) is 23.7 Å². The van der Waals surface area contributed by atoms with Crippen LogP contribution < -0.4 is 10.5 Å². The minimum absolute atomic E-state index is 0.0757. The summed E-state index contributed by atoms with van der Waals surface area (Å²) in [6.07, 6.45) is 0. The second-order valence-corrected chi connectivity index (χ2v) is 5.95. The Bertz CT molecular complexity index is 592. The fourth-order valence-corrected chi connectivity index (χ4v) is 2.41. The van der Waals surface area contributed by atoms with E-state index in [1.165, 1.54) is 0 Å². The van der Waals surface area contributed by atoms with E-state index in [0.29, 0.717) is 6.54 Å². The highest BCUT2D eigenvalue weighted by molar-refractivity contribution is 7.89. The zero-order chi connectivity index (χ0) is 11.6. The van der Waals surface area contributed by atoms with E-state index in [-0.39, 0.29) is 5.75 Å². The lowest BCUT2D eigenvalue weighted by atomic mass is 10.3. The second kappa shape index (κ2) is 4.36. The number of primary sulfonamides is 1. The van der Waals surface area contributed by atoms with Gasteiger partial charge in [-0.05, 0) is 18.2 Å². The summed E-state index contributed by atoms with van der Waals surface area (Å²) in [5, 5.41) is 7.90. The van der Waals surface area contributed by atoms with E-state index in [2.05, 4.69) is 10.3 Å². The number of sulfonamides is 1. The summed E-state index contributed by atoms with van der Waals surface area (Å²) in [4.78, 5) is 4.15. The lowest BCUT2D eigenvalue weighted by Gasteiger charge is -2.04. The van der Waals surface area contributed by atoms with Crippen LogP contribution in [0.25, 0.3) is 10.2 Å². The van der Waals surface area contributed by atoms with Gasteiger partial charge in [0.1, 0.15) is 0 Å². The molecule has 0 saturated carbocycles. The molecule has 2 rings (SSSR count). The summed E-state index contributed by atoms with van der Waals surface area (Å²) in [5.74, 6) is -0.0757. The smallest absolute Gasteiger partial charge is 0.210 e. The summed E-state index contributed by atoms with van der Waals surface area (Å²) in [6.45, 7) is 0.309. The van der Waals surface area contributed by atoms with Crippen molar-refractivity contribution in [3.05, 3.63) is 23.7 Å². The zero-order valence-corrected chi connectivity index (χ0v) is 10.0. The Morgan fingerprint density at radius 1 is 1.44 bits per heavy atom.